The molecule has 0 saturated heterocycles. The zero-order valence-electron chi connectivity index (χ0n) is 10.9. The van der Waals surface area contributed by atoms with E-state index in [0.29, 0.717) is 16.3 Å². The molecule has 110 valence electrons. The molecular weight excluding hydrogens is 316 g/mol. The van der Waals surface area contributed by atoms with Crippen LogP contribution in [0.25, 0.3) is 0 Å². The lowest BCUT2D eigenvalue weighted by Crippen LogP contribution is -2.12. The summed E-state index contributed by atoms with van der Waals surface area (Å²) in [6, 6.07) is 10.1. The van der Waals surface area contributed by atoms with E-state index in [1.54, 1.807) is 18.2 Å². The minimum atomic E-state index is -0.465. The van der Waals surface area contributed by atoms with Crippen LogP contribution in [0.5, 0.6) is 0 Å². The highest BCUT2D eigenvalue weighted by atomic mass is 35.5. The summed E-state index contributed by atoms with van der Waals surface area (Å²) >= 11 is 7.08. The van der Waals surface area contributed by atoms with Crippen LogP contribution in [0.4, 0.5) is 14.5 Å². The van der Waals surface area contributed by atoms with E-state index in [9.17, 15) is 13.6 Å². The first-order valence-corrected chi connectivity index (χ1v) is 7.55. The van der Waals surface area contributed by atoms with Crippen LogP contribution in [0, 0.1) is 11.6 Å². The smallest absolute Gasteiger partial charge is 0.225 e. The minimum Gasteiger partial charge on any atom is -0.325 e. The zero-order chi connectivity index (χ0) is 15.2. The first-order chi connectivity index (χ1) is 10.1. The molecular formula is C15H12ClF2NOS. The average Bonchev–Trinajstić information content (AvgIpc) is 2.44. The van der Waals surface area contributed by atoms with Gasteiger partial charge in [-0.3, -0.25) is 4.79 Å². The summed E-state index contributed by atoms with van der Waals surface area (Å²) in [6.07, 6.45) is 0.201. The van der Waals surface area contributed by atoms with Crippen LogP contribution in [0.3, 0.4) is 0 Å². The van der Waals surface area contributed by atoms with Crippen molar-refractivity contribution in [1.82, 2.24) is 0 Å². The van der Waals surface area contributed by atoms with Gasteiger partial charge >= 0.3 is 0 Å². The number of carbonyl (C=O) groups is 1. The van der Waals surface area contributed by atoms with Gasteiger partial charge in [-0.1, -0.05) is 23.7 Å². The van der Waals surface area contributed by atoms with Gasteiger partial charge in [-0.15, -0.1) is 11.8 Å². The number of anilines is 1. The highest BCUT2D eigenvalue weighted by molar-refractivity contribution is 7.99. The molecule has 0 aliphatic heterocycles. The normalized spacial score (nSPS) is 10.4. The van der Waals surface area contributed by atoms with Gasteiger partial charge in [-0.25, -0.2) is 8.78 Å². The number of nitrogens with one attached hydrogen (secondary N) is 1. The lowest BCUT2D eigenvalue weighted by molar-refractivity contribution is -0.115. The third-order valence-electron chi connectivity index (χ3n) is 2.63. The van der Waals surface area contributed by atoms with Crippen LogP contribution in [0.2, 0.25) is 5.02 Å². The Balaban J connectivity index is 1.84. The second-order valence-electron chi connectivity index (χ2n) is 4.20. The molecule has 0 unspecified atom stereocenters. The van der Waals surface area contributed by atoms with Gasteiger partial charge in [0.25, 0.3) is 0 Å². The van der Waals surface area contributed by atoms with Crippen LogP contribution in [-0.2, 0) is 4.79 Å². The number of benzene rings is 2. The fraction of sp³-hybridized carbons (Fsp3) is 0.133. The quantitative estimate of drug-likeness (QED) is 0.804. The van der Waals surface area contributed by atoms with E-state index in [1.165, 1.54) is 30.0 Å². The van der Waals surface area contributed by atoms with Crippen molar-refractivity contribution >= 4 is 35.0 Å². The molecule has 0 atom stereocenters. The van der Waals surface area contributed by atoms with E-state index in [2.05, 4.69) is 5.32 Å². The molecule has 0 aliphatic rings. The lowest BCUT2D eigenvalue weighted by Gasteiger charge is -2.07. The van der Waals surface area contributed by atoms with Gasteiger partial charge in [-0.05, 0) is 30.3 Å². The van der Waals surface area contributed by atoms with Crippen LogP contribution in [-0.4, -0.2) is 11.7 Å². The number of thioether (sulfide) groups is 1. The van der Waals surface area contributed by atoms with Gasteiger partial charge in [-0.2, -0.15) is 0 Å². The second kappa shape index (κ2) is 7.43. The van der Waals surface area contributed by atoms with Gasteiger partial charge in [0.15, 0.2) is 0 Å². The molecule has 0 fully saturated rings. The molecule has 1 amide bonds. The number of hydrogen-bond acceptors (Lipinski definition) is 2. The molecule has 0 saturated carbocycles. The van der Waals surface area contributed by atoms with E-state index < -0.39 is 5.82 Å². The lowest BCUT2D eigenvalue weighted by atomic mass is 10.3. The maximum atomic E-state index is 13.4. The number of rotatable bonds is 5. The molecule has 0 spiro atoms. The zero-order valence-corrected chi connectivity index (χ0v) is 12.5. The first kappa shape index (κ1) is 15.8. The molecule has 0 radical (unpaired) electrons. The van der Waals surface area contributed by atoms with E-state index in [-0.39, 0.29) is 23.2 Å². The van der Waals surface area contributed by atoms with Crippen molar-refractivity contribution in [3.05, 3.63) is 59.1 Å². The monoisotopic (exact) mass is 327 g/mol. The Morgan fingerprint density at radius 3 is 2.67 bits per heavy atom. The fourth-order valence-electron chi connectivity index (χ4n) is 1.62. The van der Waals surface area contributed by atoms with Gasteiger partial charge < -0.3 is 5.32 Å². The number of hydrogen-bond donors (Lipinski definition) is 1. The molecule has 6 heteroatoms. The average molecular weight is 328 g/mol. The molecule has 2 aromatic rings. The van der Waals surface area contributed by atoms with Crippen molar-refractivity contribution in [3.63, 3.8) is 0 Å². The van der Waals surface area contributed by atoms with Crippen molar-refractivity contribution < 1.29 is 13.6 Å². The second-order valence-corrected chi connectivity index (χ2v) is 5.75. The van der Waals surface area contributed by atoms with Crippen LogP contribution >= 0.6 is 23.4 Å². The summed E-state index contributed by atoms with van der Waals surface area (Å²) in [7, 11) is 0. The SMILES string of the molecule is O=C(CCSc1ccccc1F)Nc1ccc(F)cc1Cl. The predicted octanol–water partition coefficient (Wildman–Crippen LogP) is 4.74. The van der Waals surface area contributed by atoms with Crippen molar-refractivity contribution in [2.75, 3.05) is 11.1 Å². The van der Waals surface area contributed by atoms with Crippen LogP contribution in [0.1, 0.15) is 6.42 Å². The summed E-state index contributed by atoms with van der Waals surface area (Å²) in [5.41, 5.74) is 0.360. The molecule has 2 aromatic carbocycles. The van der Waals surface area contributed by atoms with Crippen molar-refractivity contribution in [3.8, 4) is 0 Å². The Hall–Kier alpha value is -1.59. The van der Waals surface area contributed by atoms with Crippen LogP contribution in [0.15, 0.2) is 47.4 Å². The summed E-state index contributed by atoms with van der Waals surface area (Å²) in [4.78, 5) is 12.3. The van der Waals surface area contributed by atoms with E-state index >= 15 is 0 Å². The third kappa shape index (κ3) is 4.72. The van der Waals surface area contributed by atoms with Crippen LogP contribution < -0.4 is 5.32 Å². The first-order valence-electron chi connectivity index (χ1n) is 6.18. The highest BCUT2D eigenvalue weighted by Crippen LogP contribution is 2.24. The molecule has 1 N–H and O–H groups in total. The summed E-state index contributed by atoms with van der Waals surface area (Å²) in [5.74, 6) is -0.587. The Morgan fingerprint density at radius 2 is 1.95 bits per heavy atom. The number of halogens is 3. The Bertz CT molecular complexity index is 651. The Kier molecular flexibility index (Phi) is 5.59. The number of amides is 1. The molecule has 2 rings (SSSR count). The largest absolute Gasteiger partial charge is 0.325 e. The van der Waals surface area contributed by atoms with Gasteiger partial charge in [0.1, 0.15) is 11.6 Å². The van der Waals surface area contributed by atoms with Crippen molar-refractivity contribution in [2.45, 2.75) is 11.3 Å². The maximum absolute atomic E-state index is 13.4. The Morgan fingerprint density at radius 1 is 1.19 bits per heavy atom. The molecule has 0 aliphatic carbocycles. The predicted molar refractivity (Wildman–Crippen MR) is 81.8 cm³/mol. The van der Waals surface area contributed by atoms with Crippen molar-refractivity contribution in [2.24, 2.45) is 0 Å². The maximum Gasteiger partial charge on any atom is 0.225 e. The molecule has 2 nitrogen and oxygen atoms in total. The number of carbonyl (C=O) groups excluding carboxylic acids is 1. The third-order valence-corrected chi connectivity index (χ3v) is 3.99. The molecule has 0 heterocycles. The van der Waals surface area contributed by atoms with Gasteiger partial charge in [0.05, 0.1) is 10.7 Å². The summed E-state index contributed by atoms with van der Waals surface area (Å²) in [5, 5.41) is 2.74. The molecule has 21 heavy (non-hydrogen) atoms. The fourth-order valence-corrected chi connectivity index (χ4v) is 2.72. The van der Waals surface area contributed by atoms with Gasteiger partial charge in [0.2, 0.25) is 5.91 Å². The molecule has 0 bridgehead atoms. The standard InChI is InChI=1S/C15H12ClF2NOS/c16-11-9-10(17)5-6-13(11)19-15(20)7-8-21-14-4-2-1-3-12(14)18/h1-6,9H,7-8H2,(H,19,20). The van der Waals surface area contributed by atoms with E-state index in [4.69, 9.17) is 11.6 Å². The van der Waals surface area contributed by atoms with Crippen molar-refractivity contribution in [1.29, 1.82) is 0 Å². The molecule has 0 aromatic heterocycles. The van der Waals surface area contributed by atoms with Gasteiger partial charge in [0, 0.05) is 17.1 Å². The topological polar surface area (TPSA) is 29.1 Å². The van der Waals surface area contributed by atoms with E-state index in [1.807, 2.05) is 0 Å². The highest BCUT2D eigenvalue weighted by Gasteiger charge is 2.08. The summed E-state index contributed by atoms with van der Waals surface area (Å²) < 4.78 is 26.3. The van der Waals surface area contributed by atoms with E-state index in [0.717, 1.165) is 6.07 Å². The minimum absolute atomic E-state index is 0.144. The summed E-state index contributed by atoms with van der Waals surface area (Å²) in [6.45, 7) is 0. The Labute approximate surface area is 130 Å².